The van der Waals surface area contributed by atoms with Gasteiger partial charge in [0.2, 0.25) is 0 Å². The first-order valence-corrected chi connectivity index (χ1v) is 7.72. The van der Waals surface area contributed by atoms with E-state index < -0.39 is 0 Å². The van der Waals surface area contributed by atoms with Gasteiger partial charge >= 0.3 is 0 Å². The molecule has 2 aliphatic carbocycles. The molecule has 2 fully saturated rings. The number of rotatable bonds is 6. The number of aliphatic hydroxyl groups excluding tert-OH is 1. The molecule has 0 saturated heterocycles. The van der Waals surface area contributed by atoms with E-state index in [1.54, 1.807) is 0 Å². The first-order chi connectivity index (χ1) is 9.33. The summed E-state index contributed by atoms with van der Waals surface area (Å²) in [5.74, 6) is 0.805. The smallest absolute Gasteiger partial charge is 0.0499 e. The van der Waals surface area contributed by atoms with Gasteiger partial charge in [0.25, 0.3) is 0 Å². The molecule has 1 atom stereocenters. The van der Waals surface area contributed by atoms with E-state index in [-0.39, 0.29) is 5.41 Å². The van der Waals surface area contributed by atoms with Crippen molar-refractivity contribution < 1.29 is 5.11 Å². The van der Waals surface area contributed by atoms with Crippen LogP contribution in [-0.2, 0) is 0 Å². The molecule has 2 saturated carbocycles. The van der Waals surface area contributed by atoms with Crippen LogP contribution in [0.25, 0.3) is 0 Å². The summed E-state index contributed by atoms with van der Waals surface area (Å²) >= 11 is 0. The topological polar surface area (TPSA) is 32.3 Å². The molecule has 2 heteroatoms. The lowest BCUT2D eigenvalue weighted by Gasteiger charge is -2.30. The molecule has 2 N–H and O–H groups in total. The van der Waals surface area contributed by atoms with Gasteiger partial charge in [-0.2, -0.15) is 0 Å². The van der Waals surface area contributed by atoms with Gasteiger partial charge in [0.1, 0.15) is 0 Å². The molecule has 0 aromatic heterocycles. The summed E-state index contributed by atoms with van der Waals surface area (Å²) in [5, 5.41) is 13.5. The molecule has 0 radical (unpaired) electrons. The van der Waals surface area contributed by atoms with Crippen LogP contribution in [0.1, 0.15) is 50.1 Å². The molecule has 1 unspecified atom stereocenters. The van der Waals surface area contributed by atoms with Crippen LogP contribution in [0.5, 0.6) is 0 Å². The van der Waals surface area contributed by atoms with Crippen LogP contribution >= 0.6 is 0 Å². The van der Waals surface area contributed by atoms with E-state index in [0.29, 0.717) is 12.6 Å². The van der Waals surface area contributed by atoms with Crippen LogP contribution in [0.15, 0.2) is 30.3 Å². The second kappa shape index (κ2) is 5.64. The third kappa shape index (κ3) is 3.01. The Hall–Kier alpha value is -0.860. The quantitative estimate of drug-likeness (QED) is 0.821. The Morgan fingerprint density at radius 3 is 2.42 bits per heavy atom. The fourth-order valence-corrected chi connectivity index (χ4v) is 3.49. The summed E-state index contributed by atoms with van der Waals surface area (Å²) in [7, 11) is 0. The Kier molecular flexibility index (Phi) is 3.90. The highest BCUT2D eigenvalue weighted by molar-refractivity contribution is 5.21. The van der Waals surface area contributed by atoms with Gasteiger partial charge in [-0.25, -0.2) is 0 Å². The first-order valence-electron chi connectivity index (χ1n) is 7.72. The van der Waals surface area contributed by atoms with Gasteiger partial charge in [-0.15, -0.1) is 0 Å². The lowest BCUT2D eigenvalue weighted by molar-refractivity contribution is 0.123. The van der Waals surface area contributed by atoms with Gasteiger partial charge < -0.3 is 10.4 Å². The Balaban J connectivity index is 1.66. The zero-order chi connectivity index (χ0) is 13.1. The van der Waals surface area contributed by atoms with E-state index in [4.69, 9.17) is 0 Å². The second-order valence-corrected chi connectivity index (χ2v) is 6.47. The van der Waals surface area contributed by atoms with Gasteiger partial charge in [-0.05, 0) is 37.2 Å². The lowest BCUT2D eigenvalue weighted by Crippen LogP contribution is -2.37. The number of aliphatic hydroxyl groups is 1. The maximum atomic E-state index is 9.71. The average molecular weight is 259 g/mol. The minimum atomic E-state index is 0.155. The van der Waals surface area contributed by atoms with E-state index in [2.05, 4.69) is 35.6 Å². The summed E-state index contributed by atoms with van der Waals surface area (Å²) < 4.78 is 0. The largest absolute Gasteiger partial charge is 0.396 e. The van der Waals surface area contributed by atoms with Crippen LogP contribution in [0.4, 0.5) is 0 Å². The molecule has 0 bridgehead atoms. The highest BCUT2D eigenvalue weighted by Gasteiger charge is 2.37. The molecule has 0 amide bonds. The number of hydrogen-bond donors (Lipinski definition) is 2. The lowest BCUT2D eigenvalue weighted by atomic mass is 9.86. The van der Waals surface area contributed by atoms with Crippen LogP contribution < -0.4 is 5.32 Å². The molecule has 19 heavy (non-hydrogen) atoms. The third-order valence-corrected chi connectivity index (χ3v) is 4.95. The molecule has 1 aromatic carbocycles. The van der Waals surface area contributed by atoms with Crippen molar-refractivity contribution in [1.29, 1.82) is 0 Å². The standard InChI is InChI=1S/C17H25NO/c19-13-17(10-4-5-11-17)12-18-16(15-8-9-15)14-6-2-1-3-7-14/h1-3,6-7,15-16,18-19H,4-5,8-13H2. The maximum absolute atomic E-state index is 9.71. The van der Waals surface area contributed by atoms with E-state index in [9.17, 15) is 5.11 Å². The molecule has 0 aliphatic heterocycles. The Bertz CT molecular complexity index is 393. The molecular weight excluding hydrogens is 234 g/mol. The molecule has 104 valence electrons. The number of benzene rings is 1. The zero-order valence-corrected chi connectivity index (χ0v) is 11.6. The Labute approximate surface area is 116 Å². The summed E-state index contributed by atoms with van der Waals surface area (Å²) in [6.07, 6.45) is 7.62. The van der Waals surface area contributed by atoms with Crippen LogP contribution in [0, 0.1) is 11.3 Å². The summed E-state index contributed by atoms with van der Waals surface area (Å²) in [5.41, 5.74) is 1.57. The zero-order valence-electron chi connectivity index (χ0n) is 11.6. The molecular formula is C17H25NO. The fourth-order valence-electron chi connectivity index (χ4n) is 3.49. The monoisotopic (exact) mass is 259 g/mol. The third-order valence-electron chi connectivity index (χ3n) is 4.95. The van der Waals surface area contributed by atoms with Crippen molar-refractivity contribution >= 4 is 0 Å². The minimum absolute atomic E-state index is 0.155. The number of nitrogens with one attached hydrogen (secondary N) is 1. The van der Waals surface area contributed by atoms with Crippen molar-refractivity contribution in [3.05, 3.63) is 35.9 Å². The van der Waals surface area contributed by atoms with Gasteiger partial charge in [-0.1, -0.05) is 43.2 Å². The minimum Gasteiger partial charge on any atom is -0.396 e. The van der Waals surface area contributed by atoms with Crippen molar-refractivity contribution in [3.63, 3.8) is 0 Å². The molecule has 3 rings (SSSR count). The van der Waals surface area contributed by atoms with Crippen molar-refractivity contribution in [3.8, 4) is 0 Å². The summed E-state index contributed by atoms with van der Waals surface area (Å²) in [6.45, 7) is 1.31. The second-order valence-electron chi connectivity index (χ2n) is 6.47. The van der Waals surface area contributed by atoms with Gasteiger partial charge in [0.15, 0.2) is 0 Å². The molecule has 2 nitrogen and oxygen atoms in total. The summed E-state index contributed by atoms with van der Waals surface area (Å²) in [4.78, 5) is 0. The summed E-state index contributed by atoms with van der Waals surface area (Å²) in [6, 6.07) is 11.3. The maximum Gasteiger partial charge on any atom is 0.0499 e. The van der Waals surface area contributed by atoms with Crippen molar-refractivity contribution in [2.75, 3.05) is 13.2 Å². The number of hydrogen-bond acceptors (Lipinski definition) is 2. The van der Waals surface area contributed by atoms with Gasteiger partial charge in [0.05, 0.1) is 0 Å². The SMILES string of the molecule is OCC1(CNC(c2ccccc2)C2CC2)CCCC1. The molecule has 2 aliphatic rings. The van der Waals surface area contributed by atoms with Gasteiger partial charge in [-0.3, -0.25) is 0 Å². The predicted octanol–water partition coefficient (Wildman–Crippen LogP) is 3.28. The van der Waals surface area contributed by atoms with Crippen LogP contribution in [0.2, 0.25) is 0 Å². The Morgan fingerprint density at radius 2 is 1.84 bits per heavy atom. The normalized spacial score (nSPS) is 23.4. The molecule has 0 spiro atoms. The van der Waals surface area contributed by atoms with Crippen molar-refractivity contribution in [2.45, 2.75) is 44.6 Å². The average Bonchev–Trinajstić information content (AvgIpc) is 3.18. The van der Waals surface area contributed by atoms with Crippen molar-refractivity contribution in [2.24, 2.45) is 11.3 Å². The Morgan fingerprint density at radius 1 is 1.16 bits per heavy atom. The van der Waals surface area contributed by atoms with E-state index in [0.717, 1.165) is 12.5 Å². The van der Waals surface area contributed by atoms with E-state index in [1.165, 1.54) is 44.1 Å². The van der Waals surface area contributed by atoms with Crippen molar-refractivity contribution in [1.82, 2.24) is 5.32 Å². The van der Waals surface area contributed by atoms with Crippen LogP contribution in [0.3, 0.4) is 0 Å². The van der Waals surface area contributed by atoms with E-state index >= 15 is 0 Å². The van der Waals surface area contributed by atoms with Crippen LogP contribution in [-0.4, -0.2) is 18.3 Å². The predicted molar refractivity (Wildman–Crippen MR) is 77.9 cm³/mol. The van der Waals surface area contributed by atoms with Gasteiger partial charge in [0, 0.05) is 24.6 Å². The fraction of sp³-hybridized carbons (Fsp3) is 0.647. The molecule has 1 aromatic rings. The highest BCUT2D eigenvalue weighted by atomic mass is 16.3. The first kappa shape index (κ1) is 13.1. The highest BCUT2D eigenvalue weighted by Crippen LogP contribution is 2.43. The van der Waals surface area contributed by atoms with E-state index in [1.807, 2.05) is 0 Å². The molecule has 0 heterocycles.